The first-order valence-electron chi connectivity index (χ1n) is 6.36. The number of likely N-dealkylation sites (tertiary alicyclic amines) is 1. The number of carboxylic acid groups (broad SMARTS) is 1. The van der Waals surface area contributed by atoms with Gasteiger partial charge < -0.3 is 9.84 Å². The smallest absolute Gasteiger partial charge is 0.335 e. The number of piperidine rings is 1. The topological polar surface area (TPSA) is 53.1 Å². The predicted molar refractivity (Wildman–Crippen MR) is 66.2 cm³/mol. The number of epoxide rings is 1. The van der Waals surface area contributed by atoms with Crippen LogP contribution in [0.5, 0.6) is 0 Å². The summed E-state index contributed by atoms with van der Waals surface area (Å²) >= 11 is 0. The lowest BCUT2D eigenvalue weighted by Gasteiger charge is -2.30. The van der Waals surface area contributed by atoms with Gasteiger partial charge in [-0.15, -0.1) is 0 Å². The molecule has 2 fully saturated rings. The monoisotopic (exact) mass is 247 g/mol. The molecule has 4 nitrogen and oxygen atoms in total. The third-order valence-corrected chi connectivity index (χ3v) is 3.95. The highest BCUT2D eigenvalue weighted by molar-refractivity contribution is 5.77. The molecule has 1 atom stereocenters. The van der Waals surface area contributed by atoms with Crippen molar-refractivity contribution in [3.63, 3.8) is 0 Å². The van der Waals surface area contributed by atoms with Crippen LogP contribution in [-0.2, 0) is 16.1 Å². The van der Waals surface area contributed by atoms with Crippen LogP contribution >= 0.6 is 0 Å². The Morgan fingerprint density at radius 3 is 2.56 bits per heavy atom. The highest BCUT2D eigenvalue weighted by atomic mass is 16.6. The first-order chi connectivity index (χ1) is 8.70. The SMILES string of the molecule is O=C(O)C1OC12CCN(Cc1ccccc1)CC2. The minimum absolute atomic E-state index is 0.348. The summed E-state index contributed by atoms with van der Waals surface area (Å²) in [5.74, 6) is -0.813. The van der Waals surface area contributed by atoms with E-state index >= 15 is 0 Å². The largest absolute Gasteiger partial charge is 0.479 e. The van der Waals surface area contributed by atoms with Gasteiger partial charge in [0.1, 0.15) is 5.60 Å². The van der Waals surface area contributed by atoms with Crippen molar-refractivity contribution in [3.8, 4) is 0 Å². The number of ether oxygens (including phenoxy) is 1. The van der Waals surface area contributed by atoms with Crippen molar-refractivity contribution in [1.82, 2.24) is 4.90 Å². The van der Waals surface area contributed by atoms with E-state index < -0.39 is 12.1 Å². The molecule has 0 bridgehead atoms. The number of benzene rings is 1. The van der Waals surface area contributed by atoms with Crippen LogP contribution in [0.2, 0.25) is 0 Å². The Bertz CT molecular complexity index is 438. The Morgan fingerprint density at radius 2 is 2.00 bits per heavy atom. The van der Waals surface area contributed by atoms with Crippen molar-refractivity contribution in [3.05, 3.63) is 35.9 Å². The molecule has 0 amide bonds. The van der Waals surface area contributed by atoms with Crippen LogP contribution < -0.4 is 0 Å². The molecule has 0 aliphatic carbocycles. The van der Waals surface area contributed by atoms with E-state index in [2.05, 4.69) is 17.0 Å². The van der Waals surface area contributed by atoms with Crippen LogP contribution in [0.1, 0.15) is 18.4 Å². The molecule has 1 spiro atoms. The highest BCUT2D eigenvalue weighted by Crippen LogP contribution is 2.45. The normalized spacial score (nSPS) is 26.1. The molecular formula is C14H17NO3. The second-order valence-corrected chi connectivity index (χ2v) is 5.16. The Kier molecular flexibility index (Phi) is 2.84. The van der Waals surface area contributed by atoms with Gasteiger partial charge in [-0.3, -0.25) is 4.90 Å². The summed E-state index contributed by atoms with van der Waals surface area (Å²) < 4.78 is 5.38. The molecule has 4 heteroatoms. The standard InChI is InChI=1S/C14H17NO3/c16-13(17)12-14(18-12)6-8-15(9-7-14)10-11-4-2-1-3-5-11/h1-5,12H,6-10H2,(H,16,17). The van der Waals surface area contributed by atoms with E-state index in [0.717, 1.165) is 32.5 Å². The number of carboxylic acids is 1. The minimum Gasteiger partial charge on any atom is -0.479 e. The van der Waals surface area contributed by atoms with Gasteiger partial charge in [0.15, 0.2) is 6.10 Å². The highest BCUT2D eigenvalue weighted by Gasteiger charge is 2.61. The van der Waals surface area contributed by atoms with Crippen molar-refractivity contribution >= 4 is 5.97 Å². The first-order valence-corrected chi connectivity index (χ1v) is 6.36. The number of aliphatic carboxylic acids is 1. The molecule has 1 aromatic carbocycles. The molecule has 2 aliphatic heterocycles. The molecule has 3 rings (SSSR count). The summed E-state index contributed by atoms with van der Waals surface area (Å²) in [6.07, 6.45) is 1.10. The van der Waals surface area contributed by atoms with Gasteiger partial charge in [-0.1, -0.05) is 30.3 Å². The van der Waals surface area contributed by atoms with Crippen molar-refractivity contribution in [2.75, 3.05) is 13.1 Å². The average molecular weight is 247 g/mol. The third kappa shape index (κ3) is 2.13. The van der Waals surface area contributed by atoms with Gasteiger partial charge in [-0.2, -0.15) is 0 Å². The molecule has 96 valence electrons. The summed E-state index contributed by atoms with van der Waals surface area (Å²) in [6, 6.07) is 10.4. The van der Waals surface area contributed by atoms with Crippen LogP contribution in [-0.4, -0.2) is 40.8 Å². The van der Waals surface area contributed by atoms with E-state index in [1.807, 2.05) is 18.2 Å². The van der Waals surface area contributed by atoms with E-state index in [4.69, 9.17) is 9.84 Å². The summed E-state index contributed by atoms with van der Waals surface area (Å²) in [6.45, 7) is 2.77. The fourth-order valence-electron chi connectivity index (χ4n) is 2.79. The van der Waals surface area contributed by atoms with Gasteiger partial charge >= 0.3 is 5.97 Å². The molecule has 2 aliphatic rings. The quantitative estimate of drug-likeness (QED) is 0.822. The minimum atomic E-state index is -0.813. The first kappa shape index (κ1) is 11.7. The Labute approximate surface area is 106 Å². The van der Waals surface area contributed by atoms with E-state index in [0.29, 0.717) is 0 Å². The van der Waals surface area contributed by atoms with Gasteiger partial charge in [0.05, 0.1) is 0 Å². The molecule has 1 N–H and O–H groups in total. The van der Waals surface area contributed by atoms with Crippen LogP contribution in [0.4, 0.5) is 0 Å². The number of carbonyl (C=O) groups is 1. The van der Waals surface area contributed by atoms with E-state index in [-0.39, 0.29) is 5.60 Å². The van der Waals surface area contributed by atoms with Crippen molar-refractivity contribution in [2.24, 2.45) is 0 Å². The maximum absolute atomic E-state index is 10.9. The molecule has 2 heterocycles. The second-order valence-electron chi connectivity index (χ2n) is 5.16. The van der Waals surface area contributed by atoms with Crippen molar-refractivity contribution in [2.45, 2.75) is 31.1 Å². The molecule has 0 radical (unpaired) electrons. The summed E-state index contributed by atoms with van der Waals surface area (Å²) in [4.78, 5) is 13.2. The zero-order chi connectivity index (χ0) is 12.6. The molecule has 0 aromatic heterocycles. The fourth-order valence-corrected chi connectivity index (χ4v) is 2.79. The lowest BCUT2D eigenvalue weighted by atomic mass is 9.93. The van der Waals surface area contributed by atoms with Crippen LogP contribution in [0.25, 0.3) is 0 Å². The second kappa shape index (κ2) is 4.37. The lowest BCUT2D eigenvalue weighted by Crippen LogP contribution is -2.39. The number of hydrogen-bond donors (Lipinski definition) is 1. The zero-order valence-electron chi connectivity index (χ0n) is 10.2. The maximum Gasteiger partial charge on any atom is 0.335 e. The number of hydrogen-bond acceptors (Lipinski definition) is 3. The molecular weight excluding hydrogens is 230 g/mol. The summed E-state index contributed by atoms with van der Waals surface area (Å²) in [5.41, 5.74) is 0.957. The average Bonchev–Trinajstić information content (AvgIpc) is 3.09. The van der Waals surface area contributed by atoms with Crippen LogP contribution in [0, 0.1) is 0 Å². The summed E-state index contributed by atoms with van der Waals surface area (Å²) in [5, 5.41) is 8.93. The zero-order valence-corrected chi connectivity index (χ0v) is 10.2. The van der Waals surface area contributed by atoms with Gasteiger partial charge in [-0.05, 0) is 18.4 Å². The molecule has 0 saturated carbocycles. The van der Waals surface area contributed by atoms with Crippen molar-refractivity contribution in [1.29, 1.82) is 0 Å². The molecule has 1 unspecified atom stereocenters. The Morgan fingerprint density at radius 1 is 1.33 bits per heavy atom. The molecule has 2 saturated heterocycles. The number of nitrogens with zero attached hydrogens (tertiary/aromatic N) is 1. The molecule has 1 aromatic rings. The lowest BCUT2D eigenvalue weighted by molar-refractivity contribution is -0.138. The molecule has 18 heavy (non-hydrogen) atoms. The van der Waals surface area contributed by atoms with Crippen LogP contribution in [0.3, 0.4) is 0 Å². The van der Waals surface area contributed by atoms with Gasteiger partial charge in [0, 0.05) is 19.6 Å². The summed E-state index contributed by atoms with van der Waals surface area (Å²) in [7, 11) is 0. The predicted octanol–water partition coefficient (Wildman–Crippen LogP) is 1.50. The maximum atomic E-state index is 10.9. The van der Waals surface area contributed by atoms with Crippen LogP contribution in [0.15, 0.2) is 30.3 Å². The van der Waals surface area contributed by atoms with Gasteiger partial charge in [0.2, 0.25) is 0 Å². The number of rotatable bonds is 3. The fraction of sp³-hybridized carbons (Fsp3) is 0.500. The Hall–Kier alpha value is -1.39. The Balaban J connectivity index is 1.54. The third-order valence-electron chi connectivity index (χ3n) is 3.95. The van der Waals surface area contributed by atoms with E-state index in [1.165, 1.54) is 5.56 Å². The van der Waals surface area contributed by atoms with E-state index in [1.54, 1.807) is 0 Å². The van der Waals surface area contributed by atoms with E-state index in [9.17, 15) is 4.79 Å². The van der Waals surface area contributed by atoms with Gasteiger partial charge in [0.25, 0.3) is 0 Å². The van der Waals surface area contributed by atoms with Gasteiger partial charge in [-0.25, -0.2) is 4.79 Å². The van der Waals surface area contributed by atoms with Crippen molar-refractivity contribution < 1.29 is 14.6 Å².